The highest BCUT2D eigenvalue weighted by Gasteiger charge is 2.20. The summed E-state index contributed by atoms with van der Waals surface area (Å²) in [6.45, 7) is 3.54. The number of piperazine rings is 1. The summed E-state index contributed by atoms with van der Waals surface area (Å²) >= 11 is 3.46. The van der Waals surface area contributed by atoms with Gasteiger partial charge in [0.1, 0.15) is 5.82 Å². The molecule has 3 heterocycles. The van der Waals surface area contributed by atoms with E-state index in [0.29, 0.717) is 5.95 Å². The molecule has 2 aromatic rings. The summed E-state index contributed by atoms with van der Waals surface area (Å²) in [5.74, 6) is 1.66. The molecule has 1 aliphatic rings. The summed E-state index contributed by atoms with van der Waals surface area (Å²) < 4.78 is 1.05. The minimum absolute atomic E-state index is 0.664. The molecule has 0 radical (unpaired) electrons. The summed E-state index contributed by atoms with van der Waals surface area (Å²) in [6.07, 6.45) is 1.81. The molecule has 0 bridgehead atoms. The fourth-order valence-corrected chi connectivity index (χ4v) is 2.32. The Morgan fingerprint density at radius 1 is 1.17 bits per heavy atom. The van der Waals surface area contributed by atoms with Crippen molar-refractivity contribution in [2.24, 2.45) is 0 Å². The second-order valence-corrected chi connectivity index (χ2v) is 4.93. The van der Waals surface area contributed by atoms with E-state index < -0.39 is 0 Å². The van der Waals surface area contributed by atoms with Gasteiger partial charge in [-0.25, -0.2) is 4.98 Å². The van der Waals surface area contributed by atoms with E-state index in [1.54, 1.807) is 0 Å². The van der Waals surface area contributed by atoms with Gasteiger partial charge in [-0.05, 0) is 17.3 Å². The predicted molar refractivity (Wildman–Crippen MR) is 70.5 cm³/mol. The molecule has 0 saturated carbocycles. The van der Waals surface area contributed by atoms with Crippen molar-refractivity contribution in [3.8, 4) is 0 Å². The molecule has 94 valence electrons. The van der Waals surface area contributed by atoms with Gasteiger partial charge in [0, 0.05) is 36.8 Å². The lowest BCUT2D eigenvalue weighted by Crippen LogP contribution is -2.47. The van der Waals surface area contributed by atoms with Crippen LogP contribution < -0.4 is 9.80 Å². The van der Waals surface area contributed by atoms with Gasteiger partial charge < -0.3 is 9.80 Å². The molecule has 2 aromatic heterocycles. The highest BCUT2D eigenvalue weighted by molar-refractivity contribution is 9.10. The predicted octanol–water partition coefficient (Wildman–Crippen LogP) is 0.684. The molecule has 0 atom stereocenters. The quantitative estimate of drug-likeness (QED) is 0.879. The summed E-state index contributed by atoms with van der Waals surface area (Å²) in [6, 6.07) is 3.96. The Labute approximate surface area is 112 Å². The Hall–Kier alpha value is -1.70. The molecular weight excluding hydrogens is 298 g/mol. The Morgan fingerprint density at radius 2 is 1.94 bits per heavy atom. The van der Waals surface area contributed by atoms with E-state index in [4.69, 9.17) is 0 Å². The summed E-state index contributed by atoms with van der Waals surface area (Å²) in [5, 5.41) is 14.0. The van der Waals surface area contributed by atoms with Crippen LogP contribution in [-0.4, -0.2) is 51.8 Å². The number of nitrogens with one attached hydrogen (secondary N) is 1. The molecule has 7 nitrogen and oxygen atoms in total. The summed E-state index contributed by atoms with van der Waals surface area (Å²) in [5.41, 5.74) is 0. The van der Waals surface area contributed by atoms with E-state index in [9.17, 15) is 0 Å². The zero-order chi connectivity index (χ0) is 12.4. The van der Waals surface area contributed by atoms with Crippen molar-refractivity contribution < 1.29 is 0 Å². The Balaban J connectivity index is 1.67. The molecule has 1 aliphatic heterocycles. The average Bonchev–Trinajstić information content (AvgIpc) is 2.93. The normalized spacial score (nSPS) is 16.1. The van der Waals surface area contributed by atoms with E-state index in [-0.39, 0.29) is 0 Å². The first-order valence-electron chi connectivity index (χ1n) is 5.68. The Morgan fingerprint density at radius 3 is 2.61 bits per heavy atom. The van der Waals surface area contributed by atoms with Gasteiger partial charge in [0.05, 0.1) is 0 Å². The van der Waals surface area contributed by atoms with Gasteiger partial charge in [-0.1, -0.05) is 21.0 Å². The molecule has 0 aliphatic carbocycles. The lowest BCUT2D eigenvalue weighted by molar-refractivity contribution is 0.635. The molecule has 1 N–H and O–H groups in total. The fourth-order valence-electron chi connectivity index (χ4n) is 1.99. The minimum atomic E-state index is 0.664. The largest absolute Gasteiger partial charge is 0.353 e. The topological polar surface area (TPSA) is 73.8 Å². The number of halogens is 1. The maximum absolute atomic E-state index is 4.38. The molecule has 0 amide bonds. The lowest BCUT2D eigenvalue weighted by atomic mass is 10.3. The number of hydrogen-bond acceptors (Lipinski definition) is 6. The van der Waals surface area contributed by atoms with Gasteiger partial charge in [0.15, 0.2) is 0 Å². The minimum Gasteiger partial charge on any atom is -0.353 e. The van der Waals surface area contributed by atoms with Crippen LogP contribution in [0.4, 0.5) is 11.8 Å². The maximum atomic E-state index is 4.38. The highest BCUT2D eigenvalue weighted by Crippen LogP contribution is 2.19. The zero-order valence-electron chi connectivity index (χ0n) is 9.62. The number of nitrogens with zero attached hydrogens (tertiary/aromatic N) is 6. The lowest BCUT2D eigenvalue weighted by Gasteiger charge is -2.34. The molecule has 0 unspecified atom stereocenters. The van der Waals surface area contributed by atoms with Crippen LogP contribution >= 0.6 is 15.9 Å². The van der Waals surface area contributed by atoms with Crippen LogP contribution in [0.5, 0.6) is 0 Å². The number of tetrazole rings is 1. The van der Waals surface area contributed by atoms with Crippen LogP contribution in [0.2, 0.25) is 0 Å². The molecule has 1 fully saturated rings. The number of rotatable bonds is 2. The molecule has 18 heavy (non-hydrogen) atoms. The summed E-state index contributed by atoms with van der Waals surface area (Å²) in [4.78, 5) is 8.74. The molecular formula is C10H12BrN7. The molecule has 0 aromatic carbocycles. The molecule has 3 rings (SSSR count). The van der Waals surface area contributed by atoms with Crippen LogP contribution in [0.1, 0.15) is 0 Å². The third-order valence-electron chi connectivity index (χ3n) is 2.93. The van der Waals surface area contributed by atoms with Crippen LogP contribution in [-0.2, 0) is 0 Å². The number of hydrogen-bond donors (Lipinski definition) is 1. The van der Waals surface area contributed by atoms with Crippen molar-refractivity contribution in [2.75, 3.05) is 36.0 Å². The van der Waals surface area contributed by atoms with Crippen molar-refractivity contribution in [1.82, 2.24) is 25.6 Å². The third kappa shape index (κ3) is 2.28. The van der Waals surface area contributed by atoms with Crippen molar-refractivity contribution in [1.29, 1.82) is 0 Å². The van der Waals surface area contributed by atoms with Crippen LogP contribution in [0.3, 0.4) is 0 Å². The van der Waals surface area contributed by atoms with Crippen molar-refractivity contribution >= 4 is 27.7 Å². The third-order valence-corrected chi connectivity index (χ3v) is 3.42. The Bertz CT molecular complexity index is 507. The average molecular weight is 310 g/mol. The SMILES string of the molecule is Brc1ccnc(N2CCN(c3nn[nH]n3)CC2)c1. The van der Waals surface area contributed by atoms with Crippen molar-refractivity contribution in [3.05, 3.63) is 22.8 Å². The second kappa shape index (κ2) is 4.89. The van der Waals surface area contributed by atoms with Gasteiger partial charge in [0.25, 0.3) is 5.95 Å². The molecule has 0 spiro atoms. The van der Waals surface area contributed by atoms with Crippen LogP contribution in [0.15, 0.2) is 22.8 Å². The zero-order valence-corrected chi connectivity index (χ0v) is 11.2. The van der Waals surface area contributed by atoms with E-state index in [0.717, 1.165) is 36.5 Å². The molecule has 1 saturated heterocycles. The standard InChI is InChI=1S/C10H12BrN7/c11-8-1-2-12-9(7-8)17-3-5-18(6-4-17)10-13-15-16-14-10/h1-2,7H,3-6H2,(H,13,14,15,16). The van der Waals surface area contributed by atoms with E-state index in [1.165, 1.54) is 0 Å². The number of aromatic amines is 1. The first-order valence-corrected chi connectivity index (χ1v) is 6.47. The van der Waals surface area contributed by atoms with Gasteiger partial charge in [-0.2, -0.15) is 5.21 Å². The number of aromatic nitrogens is 5. The van der Waals surface area contributed by atoms with Gasteiger partial charge in [-0.3, -0.25) is 0 Å². The van der Waals surface area contributed by atoms with Gasteiger partial charge in [-0.15, -0.1) is 5.10 Å². The monoisotopic (exact) mass is 309 g/mol. The van der Waals surface area contributed by atoms with Crippen LogP contribution in [0.25, 0.3) is 0 Å². The summed E-state index contributed by atoms with van der Waals surface area (Å²) in [7, 11) is 0. The van der Waals surface area contributed by atoms with E-state index >= 15 is 0 Å². The smallest absolute Gasteiger partial charge is 0.265 e. The Kier molecular flexibility index (Phi) is 3.09. The second-order valence-electron chi connectivity index (χ2n) is 4.02. The van der Waals surface area contributed by atoms with Crippen LogP contribution in [0, 0.1) is 0 Å². The maximum Gasteiger partial charge on any atom is 0.265 e. The fraction of sp³-hybridized carbons (Fsp3) is 0.400. The first-order chi connectivity index (χ1) is 8.83. The molecule has 8 heteroatoms. The highest BCUT2D eigenvalue weighted by atomic mass is 79.9. The van der Waals surface area contributed by atoms with E-state index in [2.05, 4.69) is 51.3 Å². The first kappa shape index (κ1) is 11.4. The van der Waals surface area contributed by atoms with Gasteiger partial charge in [0.2, 0.25) is 0 Å². The number of H-pyrrole nitrogens is 1. The number of pyridine rings is 1. The van der Waals surface area contributed by atoms with Crippen molar-refractivity contribution in [2.45, 2.75) is 0 Å². The number of anilines is 2. The van der Waals surface area contributed by atoms with E-state index in [1.807, 2.05) is 18.3 Å². The van der Waals surface area contributed by atoms with Gasteiger partial charge >= 0.3 is 0 Å². The van der Waals surface area contributed by atoms with Crippen molar-refractivity contribution in [3.63, 3.8) is 0 Å².